The van der Waals surface area contributed by atoms with E-state index in [2.05, 4.69) is 11.1 Å². The van der Waals surface area contributed by atoms with Gasteiger partial charge in [0, 0.05) is 23.2 Å². The molecule has 1 amide bonds. The zero-order valence-corrected chi connectivity index (χ0v) is 14.0. The van der Waals surface area contributed by atoms with Crippen LogP contribution in [-0.2, 0) is 0 Å². The SMILES string of the molecule is Cc1cnc(-c2cc(C#N)cc(O[C@H]3CCCN(C(=O)O)C3)c2)s1. The van der Waals surface area contributed by atoms with E-state index >= 15 is 0 Å². The molecule has 1 aromatic heterocycles. The van der Waals surface area contributed by atoms with E-state index in [1.807, 2.05) is 13.0 Å². The first-order chi connectivity index (χ1) is 11.5. The van der Waals surface area contributed by atoms with E-state index in [4.69, 9.17) is 9.84 Å². The number of amides is 1. The molecule has 1 aromatic carbocycles. The first-order valence-electron chi connectivity index (χ1n) is 7.67. The van der Waals surface area contributed by atoms with Crippen LogP contribution in [-0.4, -0.2) is 40.3 Å². The maximum Gasteiger partial charge on any atom is 0.407 e. The lowest BCUT2D eigenvalue weighted by atomic mass is 10.1. The average molecular weight is 343 g/mol. The number of piperidine rings is 1. The molecule has 0 saturated carbocycles. The number of hydrogen-bond acceptors (Lipinski definition) is 5. The van der Waals surface area contributed by atoms with Crippen molar-refractivity contribution < 1.29 is 14.6 Å². The average Bonchev–Trinajstić information content (AvgIpc) is 3.01. The van der Waals surface area contributed by atoms with Crippen molar-refractivity contribution in [1.29, 1.82) is 5.26 Å². The molecule has 0 unspecified atom stereocenters. The molecule has 1 atom stereocenters. The molecule has 124 valence electrons. The van der Waals surface area contributed by atoms with Crippen molar-refractivity contribution in [2.45, 2.75) is 25.9 Å². The topological polar surface area (TPSA) is 86.5 Å². The highest BCUT2D eigenvalue weighted by Gasteiger charge is 2.24. The summed E-state index contributed by atoms with van der Waals surface area (Å²) in [6, 6.07) is 7.47. The van der Waals surface area contributed by atoms with Crippen molar-refractivity contribution in [3.05, 3.63) is 34.8 Å². The zero-order chi connectivity index (χ0) is 17.1. The second-order valence-electron chi connectivity index (χ2n) is 5.74. The predicted molar refractivity (Wildman–Crippen MR) is 90.2 cm³/mol. The van der Waals surface area contributed by atoms with E-state index < -0.39 is 6.09 Å². The molecule has 2 aromatic rings. The number of carbonyl (C=O) groups is 1. The molecule has 1 N–H and O–H groups in total. The van der Waals surface area contributed by atoms with Crippen LogP contribution in [0.25, 0.3) is 10.6 Å². The van der Waals surface area contributed by atoms with Crippen LogP contribution in [0.2, 0.25) is 0 Å². The number of aryl methyl sites for hydroxylation is 1. The van der Waals surface area contributed by atoms with E-state index in [0.717, 1.165) is 28.3 Å². The molecule has 24 heavy (non-hydrogen) atoms. The molecule has 1 fully saturated rings. The highest BCUT2D eigenvalue weighted by molar-refractivity contribution is 7.14. The van der Waals surface area contributed by atoms with E-state index in [1.54, 1.807) is 29.7 Å². The molecule has 0 bridgehead atoms. The molecule has 2 heterocycles. The quantitative estimate of drug-likeness (QED) is 0.921. The highest BCUT2D eigenvalue weighted by Crippen LogP contribution is 2.30. The van der Waals surface area contributed by atoms with E-state index in [9.17, 15) is 10.1 Å². The van der Waals surface area contributed by atoms with Crippen molar-refractivity contribution in [3.63, 3.8) is 0 Å². The Morgan fingerprint density at radius 3 is 3.00 bits per heavy atom. The Kier molecular flexibility index (Phi) is 4.67. The molecular formula is C17H17N3O3S. The fourth-order valence-electron chi connectivity index (χ4n) is 2.74. The Bertz CT molecular complexity index is 797. The number of ether oxygens (including phenoxy) is 1. The van der Waals surface area contributed by atoms with Gasteiger partial charge in [0.05, 0.1) is 18.2 Å². The molecule has 6 nitrogen and oxygen atoms in total. The molecule has 1 aliphatic rings. The van der Waals surface area contributed by atoms with Gasteiger partial charge in [0.25, 0.3) is 0 Å². The number of thiazole rings is 1. The van der Waals surface area contributed by atoms with E-state index in [1.165, 1.54) is 4.90 Å². The maximum atomic E-state index is 11.1. The predicted octanol–water partition coefficient (Wildman–Crippen LogP) is 3.51. The van der Waals surface area contributed by atoms with Crippen LogP contribution >= 0.6 is 11.3 Å². The fourth-order valence-corrected chi connectivity index (χ4v) is 3.50. The van der Waals surface area contributed by atoms with Crippen LogP contribution in [0.4, 0.5) is 4.79 Å². The third-order valence-electron chi connectivity index (χ3n) is 3.86. The van der Waals surface area contributed by atoms with Crippen molar-refractivity contribution in [1.82, 2.24) is 9.88 Å². The van der Waals surface area contributed by atoms with Gasteiger partial charge in [0.15, 0.2) is 0 Å². The van der Waals surface area contributed by atoms with Crippen molar-refractivity contribution in [2.24, 2.45) is 0 Å². The monoisotopic (exact) mass is 343 g/mol. The third-order valence-corrected chi connectivity index (χ3v) is 4.82. The van der Waals surface area contributed by atoms with E-state index in [-0.39, 0.29) is 6.10 Å². The van der Waals surface area contributed by atoms with E-state index in [0.29, 0.717) is 24.4 Å². The number of benzene rings is 1. The number of nitrogens with zero attached hydrogens (tertiary/aromatic N) is 3. The van der Waals surface area contributed by atoms with Crippen molar-refractivity contribution in [2.75, 3.05) is 13.1 Å². The highest BCUT2D eigenvalue weighted by atomic mass is 32.1. The minimum Gasteiger partial charge on any atom is -0.489 e. The van der Waals surface area contributed by atoms with Crippen LogP contribution in [0.1, 0.15) is 23.3 Å². The van der Waals surface area contributed by atoms with Gasteiger partial charge in [-0.2, -0.15) is 5.26 Å². The summed E-state index contributed by atoms with van der Waals surface area (Å²) in [4.78, 5) is 17.9. The van der Waals surface area contributed by atoms with Crippen LogP contribution in [0.15, 0.2) is 24.4 Å². The number of nitriles is 1. The largest absolute Gasteiger partial charge is 0.489 e. The lowest BCUT2D eigenvalue weighted by Gasteiger charge is -2.31. The Hall–Kier alpha value is -2.59. The second kappa shape index (κ2) is 6.89. The standard InChI is InChI=1S/C17H17N3O3S/c1-11-9-19-16(24-11)13-5-12(8-18)6-15(7-13)23-14-3-2-4-20(10-14)17(21)22/h5-7,9,14H,2-4,10H2,1H3,(H,21,22)/t14-/m0/s1. The third kappa shape index (κ3) is 3.66. The molecule has 7 heteroatoms. The lowest BCUT2D eigenvalue weighted by Crippen LogP contribution is -2.43. The van der Waals surface area contributed by atoms with Crippen molar-refractivity contribution in [3.8, 4) is 22.4 Å². The molecular weight excluding hydrogens is 326 g/mol. The molecule has 0 radical (unpaired) electrons. The summed E-state index contributed by atoms with van der Waals surface area (Å²) in [7, 11) is 0. The van der Waals surface area contributed by atoms with Gasteiger partial charge in [-0.3, -0.25) is 0 Å². The van der Waals surface area contributed by atoms with Gasteiger partial charge in [-0.15, -0.1) is 11.3 Å². The smallest absolute Gasteiger partial charge is 0.407 e. The maximum absolute atomic E-state index is 11.1. The first kappa shape index (κ1) is 16.3. The number of likely N-dealkylation sites (tertiary alicyclic amines) is 1. The normalized spacial score (nSPS) is 17.3. The summed E-state index contributed by atoms with van der Waals surface area (Å²) < 4.78 is 5.97. The molecule has 1 aliphatic heterocycles. The minimum absolute atomic E-state index is 0.199. The summed E-state index contributed by atoms with van der Waals surface area (Å²) in [6.45, 7) is 2.87. The summed E-state index contributed by atoms with van der Waals surface area (Å²) >= 11 is 1.56. The van der Waals surface area contributed by atoms with Gasteiger partial charge in [0.1, 0.15) is 16.9 Å². The van der Waals surface area contributed by atoms with Gasteiger partial charge >= 0.3 is 6.09 Å². The van der Waals surface area contributed by atoms with Gasteiger partial charge in [-0.1, -0.05) is 0 Å². The van der Waals surface area contributed by atoms with Crippen LogP contribution in [0.3, 0.4) is 0 Å². The molecule has 3 rings (SSSR count). The van der Waals surface area contributed by atoms with Gasteiger partial charge in [0.2, 0.25) is 0 Å². The number of carboxylic acid groups (broad SMARTS) is 1. The summed E-state index contributed by atoms with van der Waals surface area (Å²) in [5.74, 6) is 0.578. The fraction of sp³-hybridized carbons (Fsp3) is 0.353. The molecule has 0 spiro atoms. The Balaban J connectivity index is 1.83. The number of rotatable bonds is 3. The van der Waals surface area contributed by atoms with Gasteiger partial charge in [-0.25, -0.2) is 9.78 Å². The Labute approximate surface area is 143 Å². The van der Waals surface area contributed by atoms with Crippen LogP contribution < -0.4 is 4.74 Å². The lowest BCUT2D eigenvalue weighted by molar-refractivity contribution is 0.0792. The number of hydrogen-bond donors (Lipinski definition) is 1. The molecule has 1 saturated heterocycles. The summed E-state index contributed by atoms with van der Waals surface area (Å²) in [5.41, 5.74) is 1.34. The van der Waals surface area contributed by atoms with Crippen molar-refractivity contribution >= 4 is 17.4 Å². The Morgan fingerprint density at radius 1 is 1.50 bits per heavy atom. The Morgan fingerprint density at radius 2 is 2.33 bits per heavy atom. The van der Waals surface area contributed by atoms with Gasteiger partial charge < -0.3 is 14.7 Å². The summed E-state index contributed by atoms with van der Waals surface area (Å²) in [6.07, 6.45) is 2.24. The van der Waals surface area contributed by atoms with Crippen LogP contribution in [0, 0.1) is 18.3 Å². The van der Waals surface area contributed by atoms with Crippen LogP contribution in [0.5, 0.6) is 5.75 Å². The number of aromatic nitrogens is 1. The summed E-state index contributed by atoms with van der Waals surface area (Å²) in [5, 5.41) is 19.2. The minimum atomic E-state index is -0.923. The second-order valence-corrected chi connectivity index (χ2v) is 6.98. The van der Waals surface area contributed by atoms with Gasteiger partial charge in [-0.05, 0) is 38.0 Å². The zero-order valence-electron chi connectivity index (χ0n) is 13.2. The molecule has 0 aliphatic carbocycles. The first-order valence-corrected chi connectivity index (χ1v) is 8.49.